The van der Waals surface area contributed by atoms with Crippen molar-refractivity contribution in [1.82, 2.24) is 0 Å². The molecule has 2 unspecified atom stereocenters. The van der Waals surface area contributed by atoms with Crippen molar-refractivity contribution in [2.24, 2.45) is 5.92 Å². The Bertz CT molecular complexity index is 875. The second-order valence-corrected chi connectivity index (χ2v) is 7.86. The van der Waals surface area contributed by atoms with Crippen LogP contribution in [0, 0.1) is 5.92 Å². The SMILES string of the molecule is O=C(C(=O)C1C=CC=CC1SCc1ccc(Cl)c(Cl)c1)c1ccccc1. The molecule has 26 heavy (non-hydrogen) atoms. The van der Waals surface area contributed by atoms with E-state index in [4.69, 9.17) is 23.2 Å². The van der Waals surface area contributed by atoms with Gasteiger partial charge in [-0.1, -0.05) is 83.9 Å². The van der Waals surface area contributed by atoms with Crippen molar-refractivity contribution in [2.45, 2.75) is 11.0 Å². The number of benzene rings is 2. The highest BCUT2D eigenvalue weighted by Crippen LogP contribution is 2.31. The lowest BCUT2D eigenvalue weighted by Gasteiger charge is -2.22. The molecule has 132 valence electrons. The number of carbonyl (C=O) groups is 2. The van der Waals surface area contributed by atoms with Crippen LogP contribution in [0.25, 0.3) is 0 Å². The van der Waals surface area contributed by atoms with Crippen LogP contribution < -0.4 is 0 Å². The zero-order valence-electron chi connectivity index (χ0n) is 13.8. The summed E-state index contributed by atoms with van der Waals surface area (Å²) in [6.07, 6.45) is 7.49. The third-order valence-corrected chi connectivity index (χ3v) is 6.15. The Morgan fingerprint density at radius 3 is 2.38 bits per heavy atom. The van der Waals surface area contributed by atoms with Gasteiger partial charge >= 0.3 is 0 Å². The van der Waals surface area contributed by atoms with E-state index in [1.54, 1.807) is 48.2 Å². The minimum atomic E-state index is -0.472. The summed E-state index contributed by atoms with van der Waals surface area (Å²) in [6.45, 7) is 0. The van der Waals surface area contributed by atoms with Gasteiger partial charge in [0, 0.05) is 16.6 Å². The average molecular weight is 403 g/mol. The van der Waals surface area contributed by atoms with Crippen LogP contribution in [-0.4, -0.2) is 16.8 Å². The Morgan fingerprint density at radius 1 is 0.923 bits per heavy atom. The van der Waals surface area contributed by atoms with Gasteiger partial charge in [-0.3, -0.25) is 9.59 Å². The molecule has 2 aromatic rings. The van der Waals surface area contributed by atoms with Gasteiger partial charge in [0.2, 0.25) is 11.6 Å². The van der Waals surface area contributed by atoms with E-state index in [1.165, 1.54) is 0 Å². The second-order valence-electron chi connectivity index (χ2n) is 5.88. The minimum absolute atomic E-state index is 0.102. The van der Waals surface area contributed by atoms with Crippen LogP contribution in [0.1, 0.15) is 15.9 Å². The lowest BCUT2D eigenvalue weighted by Crippen LogP contribution is -2.30. The predicted molar refractivity (Wildman–Crippen MR) is 109 cm³/mol. The number of carbonyl (C=O) groups excluding carboxylic acids is 2. The maximum atomic E-state index is 12.7. The zero-order valence-corrected chi connectivity index (χ0v) is 16.1. The van der Waals surface area contributed by atoms with Crippen molar-refractivity contribution in [3.8, 4) is 0 Å². The third-order valence-electron chi connectivity index (χ3n) is 4.07. The van der Waals surface area contributed by atoms with Crippen molar-refractivity contribution in [3.63, 3.8) is 0 Å². The first-order valence-electron chi connectivity index (χ1n) is 8.10. The summed E-state index contributed by atoms with van der Waals surface area (Å²) in [5.74, 6) is -0.636. The molecule has 0 saturated heterocycles. The van der Waals surface area contributed by atoms with Crippen LogP contribution in [0.2, 0.25) is 10.0 Å². The van der Waals surface area contributed by atoms with Gasteiger partial charge in [-0.25, -0.2) is 0 Å². The highest BCUT2D eigenvalue weighted by atomic mass is 35.5. The van der Waals surface area contributed by atoms with Gasteiger partial charge < -0.3 is 0 Å². The molecule has 0 N–H and O–H groups in total. The molecule has 3 rings (SSSR count). The summed E-state index contributed by atoms with van der Waals surface area (Å²) in [7, 11) is 0. The highest BCUT2D eigenvalue weighted by Gasteiger charge is 2.31. The average Bonchev–Trinajstić information content (AvgIpc) is 2.68. The van der Waals surface area contributed by atoms with Crippen LogP contribution in [-0.2, 0) is 10.5 Å². The highest BCUT2D eigenvalue weighted by molar-refractivity contribution is 7.99. The van der Waals surface area contributed by atoms with E-state index in [-0.39, 0.29) is 11.0 Å². The van der Waals surface area contributed by atoms with Gasteiger partial charge in [0.05, 0.1) is 16.0 Å². The first-order chi connectivity index (χ1) is 12.6. The molecule has 1 aliphatic carbocycles. The van der Waals surface area contributed by atoms with Crippen molar-refractivity contribution in [2.75, 3.05) is 0 Å². The first-order valence-corrected chi connectivity index (χ1v) is 9.91. The fourth-order valence-corrected chi connectivity index (χ4v) is 4.20. The van der Waals surface area contributed by atoms with Gasteiger partial charge in [-0.15, -0.1) is 11.8 Å². The fourth-order valence-electron chi connectivity index (χ4n) is 2.69. The molecule has 0 aliphatic heterocycles. The van der Waals surface area contributed by atoms with Gasteiger partial charge in [-0.05, 0) is 17.7 Å². The number of rotatable bonds is 6. The maximum absolute atomic E-state index is 12.7. The molecule has 0 heterocycles. The lowest BCUT2D eigenvalue weighted by molar-refractivity contribution is -0.117. The number of Topliss-reactive ketones (excluding diaryl/α,β-unsaturated/α-hetero) is 2. The second kappa shape index (κ2) is 8.72. The zero-order chi connectivity index (χ0) is 18.5. The normalized spacial score (nSPS) is 18.7. The quantitative estimate of drug-likeness (QED) is 0.452. The summed E-state index contributed by atoms with van der Waals surface area (Å²) >= 11 is 13.6. The molecule has 0 saturated carbocycles. The van der Waals surface area contributed by atoms with Crippen LogP contribution >= 0.6 is 35.0 Å². The third kappa shape index (κ3) is 4.47. The van der Waals surface area contributed by atoms with Gasteiger partial charge in [0.15, 0.2) is 0 Å². The van der Waals surface area contributed by atoms with E-state index in [0.29, 0.717) is 21.4 Å². The first kappa shape index (κ1) is 19.0. The molecule has 0 bridgehead atoms. The standard InChI is InChI=1S/C21H16Cl2O2S/c22-17-11-10-14(12-18(17)23)13-26-19-9-5-4-8-16(19)21(25)20(24)15-6-2-1-3-7-15/h1-12,16,19H,13H2. The van der Waals surface area contributed by atoms with Crippen LogP contribution in [0.3, 0.4) is 0 Å². The minimum Gasteiger partial charge on any atom is -0.290 e. The molecule has 2 atom stereocenters. The number of thioether (sulfide) groups is 1. The molecule has 2 aromatic carbocycles. The Balaban J connectivity index is 1.71. The van der Waals surface area contributed by atoms with Crippen molar-refractivity contribution in [3.05, 3.63) is 94.0 Å². The molecule has 0 aromatic heterocycles. The van der Waals surface area contributed by atoms with Gasteiger partial charge in [-0.2, -0.15) is 0 Å². The molecule has 5 heteroatoms. The molecular formula is C21H16Cl2O2S. The van der Waals surface area contributed by atoms with Crippen molar-refractivity contribution < 1.29 is 9.59 Å². The molecule has 1 aliphatic rings. The molecule has 0 spiro atoms. The van der Waals surface area contributed by atoms with Crippen LogP contribution in [0.15, 0.2) is 72.8 Å². The molecule has 0 fully saturated rings. The largest absolute Gasteiger partial charge is 0.290 e. The monoisotopic (exact) mass is 402 g/mol. The smallest absolute Gasteiger partial charge is 0.229 e. The summed E-state index contributed by atoms with van der Waals surface area (Å²) in [4.78, 5) is 25.2. The van der Waals surface area contributed by atoms with Crippen LogP contribution in [0.5, 0.6) is 0 Å². The number of hydrogen-bond donors (Lipinski definition) is 0. The summed E-state index contributed by atoms with van der Waals surface area (Å²) in [5.41, 5.74) is 1.45. The van der Waals surface area contributed by atoms with E-state index in [0.717, 1.165) is 5.56 Å². The Kier molecular flexibility index (Phi) is 6.36. The van der Waals surface area contributed by atoms with E-state index in [9.17, 15) is 9.59 Å². The van der Waals surface area contributed by atoms with Crippen LogP contribution in [0.4, 0.5) is 0 Å². The molecule has 0 radical (unpaired) electrons. The number of ketones is 2. The summed E-state index contributed by atoms with van der Waals surface area (Å²) in [6, 6.07) is 14.2. The summed E-state index contributed by atoms with van der Waals surface area (Å²) in [5, 5.41) is 0.924. The number of halogens is 2. The van der Waals surface area contributed by atoms with Crippen molar-refractivity contribution >= 4 is 46.5 Å². The maximum Gasteiger partial charge on any atom is 0.229 e. The van der Waals surface area contributed by atoms with E-state index in [1.807, 2.05) is 36.4 Å². The van der Waals surface area contributed by atoms with Crippen molar-refractivity contribution in [1.29, 1.82) is 0 Å². The number of hydrogen-bond acceptors (Lipinski definition) is 3. The topological polar surface area (TPSA) is 34.1 Å². The van der Waals surface area contributed by atoms with E-state index in [2.05, 4.69) is 0 Å². The van der Waals surface area contributed by atoms with E-state index >= 15 is 0 Å². The molecular weight excluding hydrogens is 387 g/mol. The Hall–Kier alpha value is -1.81. The predicted octanol–water partition coefficient (Wildman–Crippen LogP) is 5.79. The molecule has 0 amide bonds. The Morgan fingerprint density at radius 2 is 1.65 bits per heavy atom. The molecule has 2 nitrogen and oxygen atoms in total. The number of allylic oxidation sites excluding steroid dienone is 3. The summed E-state index contributed by atoms with van der Waals surface area (Å²) < 4.78 is 0. The lowest BCUT2D eigenvalue weighted by atomic mass is 9.91. The van der Waals surface area contributed by atoms with Gasteiger partial charge in [0.25, 0.3) is 0 Å². The van der Waals surface area contributed by atoms with Gasteiger partial charge in [0.1, 0.15) is 0 Å². The fraction of sp³-hybridized carbons (Fsp3) is 0.143. The van der Waals surface area contributed by atoms with E-state index < -0.39 is 11.7 Å². The Labute approximate surface area is 166 Å².